The number of methoxy groups -OCH3 is 2. The zero-order valence-electron chi connectivity index (χ0n) is 16.0. The van der Waals surface area contributed by atoms with Crippen molar-refractivity contribution in [3.05, 3.63) is 53.6 Å². The van der Waals surface area contributed by atoms with Crippen LogP contribution in [0.1, 0.15) is 17.2 Å². The van der Waals surface area contributed by atoms with E-state index in [1.165, 1.54) is 5.56 Å². The highest BCUT2D eigenvalue weighted by molar-refractivity contribution is 5.41. The summed E-state index contributed by atoms with van der Waals surface area (Å²) in [5.74, 6) is 1.51. The van der Waals surface area contributed by atoms with E-state index in [1.807, 2.05) is 18.2 Å². The van der Waals surface area contributed by atoms with Crippen LogP contribution >= 0.6 is 0 Å². The van der Waals surface area contributed by atoms with Gasteiger partial charge in [0, 0.05) is 32.2 Å². The summed E-state index contributed by atoms with van der Waals surface area (Å²) < 4.78 is 15.9. The lowest BCUT2D eigenvalue weighted by molar-refractivity contribution is 0.0161. The molecule has 6 heteroatoms. The number of hydrogen-bond donors (Lipinski definition) is 2. The van der Waals surface area contributed by atoms with Crippen molar-refractivity contribution in [1.29, 1.82) is 0 Å². The molecule has 0 spiro atoms. The van der Waals surface area contributed by atoms with Crippen molar-refractivity contribution >= 4 is 0 Å². The smallest absolute Gasteiger partial charge is 0.160 e. The first-order chi connectivity index (χ1) is 13.2. The number of ether oxygens (including phenoxy) is 3. The van der Waals surface area contributed by atoms with Gasteiger partial charge in [0.25, 0.3) is 0 Å². The summed E-state index contributed by atoms with van der Waals surface area (Å²) in [6.07, 6.45) is 0. The van der Waals surface area contributed by atoms with Gasteiger partial charge < -0.3 is 24.6 Å². The molecule has 1 heterocycles. The maximum Gasteiger partial charge on any atom is 0.160 e. The second-order valence-corrected chi connectivity index (χ2v) is 6.57. The van der Waals surface area contributed by atoms with Crippen LogP contribution in [0.4, 0.5) is 0 Å². The van der Waals surface area contributed by atoms with Gasteiger partial charge in [0.1, 0.15) is 5.75 Å². The van der Waals surface area contributed by atoms with E-state index in [2.05, 4.69) is 22.3 Å². The average molecular weight is 372 g/mol. The second-order valence-electron chi connectivity index (χ2n) is 6.57. The molecule has 0 saturated carbocycles. The molecule has 1 aliphatic heterocycles. The molecule has 1 fully saturated rings. The third-order valence-corrected chi connectivity index (χ3v) is 4.90. The molecule has 1 aliphatic rings. The second kappa shape index (κ2) is 9.60. The third kappa shape index (κ3) is 5.13. The molecule has 6 nitrogen and oxygen atoms in total. The molecule has 146 valence electrons. The minimum Gasteiger partial charge on any atom is -0.504 e. The summed E-state index contributed by atoms with van der Waals surface area (Å²) in [6.45, 7) is 4.84. The van der Waals surface area contributed by atoms with Crippen LogP contribution in [0.15, 0.2) is 42.5 Å². The predicted octanol–water partition coefficient (Wildman–Crippen LogP) is 2.57. The van der Waals surface area contributed by atoms with Crippen LogP contribution in [0.25, 0.3) is 0 Å². The molecule has 2 N–H and O–H groups in total. The first-order valence-corrected chi connectivity index (χ1v) is 9.23. The van der Waals surface area contributed by atoms with Gasteiger partial charge in [-0.1, -0.05) is 18.2 Å². The van der Waals surface area contributed by atoms with Crippen molar-refractivity contribution in [3.63, 3.8) is 0 Å². The Morgan fingerprint density at radius 2 is 1.81 bits per heavy atom. The molecule has 2 aromatic carbocycles. The average Bonchev–Trinajstić information content (AvgIpc) is 2.72. The van der Waals surface area contributed by atoms with Crippen LogP contribution in [0.3, 0.4) is 0 Å². The topological polar surface area (TPSA) is 63.2 Å². The van der Waals surface area contributed by atoms with E-state index >= 15 is 0 Å². The molecule has 1 atom stereocenters. The van der Waals surface area contributed by atoms with Crippen molar-refractivity contribution < 1.29 is 19.3 Å². The van der Waals surface area contributed by atoms with Gasteiger partial charge in [-0.3, -0.25) is 4.90 Å². The lowest BCUT2D eigenvalue weighted by Crippen LogP contribution is -2.42. The zero-order valence-corrected chi connectivity index (χ0v) is 16.0. The molecule has 0 aliphatic carbocycles. The molecule has 1 unspecified atom stereocenters. The Labute approximate surface area is 160 Å². The van der Waals surface area contributed by atoms with Gasteiger partial charge in [-0.2, -0.15) is 0 Å². The maximum absolute atomic E-state index is 9.94. The van der Waals surface area contributed by atoms with Crippen LogP contribution in [0, 0.1) is 0 Å². The number of phenols is 1. The van der Waals surface area contributed by atoms with Crippen LogP contribution in [-0.2, 0) is 11.3 Å². The fourth-order valence-corrected chi connectivity index (χ4v) is 3.37. The number of morpholine rings is 1. The Bertz CT molecular complexity index is 715. The summed E-state index contributed by atoms with van der Waals surface area (Å²) in [7, 11) is 3.23. The van der Waals surface area contributed by atoms with Gasteiger partial charge >= 0.3 is 0 Å². The minimum atomic E-state index is 0.164. The number of phenolic OH excluding ortho intramolecular Hbond substituents is 1. The summed E-state index contributed by atoms with van der Waals surface area (Å²) in [4.78, 5) is 2.45. The predicted molar refractivity (Wildman–Crippen MR) is 104 cm³/mol. The highest BCUT2D eigenvalue weighted by Gasteiger charge is 2.22. The van der Waals surface area contributed by atoms with Crippen LogP contribution in [0.2, 0.25) is 0 Å². The van der Waals surface area contributed by atoms with Gasteiger partial charge in [0.05, 0.1) is 27.4 Å². The normalized spacial score (nSPS) is 16.1. The summed E-state index contributed by atoms with van der Waals surface area (Å²) in [5.41, 5.74) is 2.27. The fourth-order valence-electron chi connectivity index (χ4n) is 3.37. The molecule has 3 rings (SSSR count). The van der Waals surface area contributed by atoms with Crippen molar-refractivity contribution in [1.82, 2.24) is 10.2 Å². The summed E-state index contributed by atoms with van der Waals surface area (Å²) in [5, 5.41) is 13.5. The molecular weight excluding hydrogens is 344 g/mol. The van der Waals surface area contributed by atoms with Gasteiger partial charge in [-0.25, -0.2) is 0 Å². The minimum absolute atomic E-state index is 0.164. The Kier molecular flexibility index (Phi) is 6.92. The Morgan fingerprint density at radius 3 is 2.44 bits per heavy atom. The summed E-state index contributed by atoms with van der Waals surface area (Å²) >= 11 is 0. The maximum atomic E-state index is 9.94. The number of aromatic hydroxyl groups is 1. The van der Waals surface area contributed by atoms with E-state index in [0.29, 0.717) is 12.3 Å². The number of benzene rings is 2. The molecular formula is C21H28N2O4. The van der Waals surface area contributed by atoms with Crippen molar-refractivity contribution in [2.24, 2.45) is 0 Å². The zero-order chi connectivity index (χ0) is 19.1. The SMILES string of the molecule is COc1ccc(C(CNCc2ccc(OC)c(O)c2)N2CCOCC2)cc1. The summed E-state index contributed by atoms with van der Waals surface area (Å²) in [6, 6.07) is 14.0. The van der Waals surface area contributed by atoms with E-state index in [9.17, 15) is 5.11 Å². The lowest BCUT2D eigenvalue weighted by Gasteiger charge is -2.35. The fraction of sp³-hybridized carbons (Fsp3) is 0.429. The molecule has 0 radical (unpaired) electrons. The van der Waals surface area contributed by atoms with Gasteiger partial charge in [-0.15, -0.1) is 0 Å². The standard InChI is InChI=1S/C21H28N2O4/c1-25-18-6-4-17(5-7-18)19(23-9-11-27-12-10-23)15-22-14-16-3-8-21(26-2)20(24)13-16/h3-8,13,19,22,24H,9-12,14-15H2,1-2H3. The number of rotatable bonds is 8. The number of nitrogens with zero attached hydrogens (tertiary/aromatic N) is 1. The van der Waals surface area contributed by atoms with E-state index in [4.69, 9.17) is 14.2 Å². The van der Waals surface area contributed by atoms with Crippen molar-refractivity contribution in [3.8, 4) is 17.2 Å². The van der Waals surface area contributed by atoms with Gasteiger partial charge in [0.15, 0.2) is 11.5 Å². The van der Waals surface area contributed by atoms with E-state index in [0.717, 1.165) is 44.2 Å². The Morgan fingerprint density at radius 1 is 1.07 bits per heavy atom. The monoisotopic (exact) mass is 372 g/mol. The Hall–Kier alpha value is -2.28. The van der Waals surface area contributed by atoms with Crippen LogP contribution < -0.4 is 14.8 Å². The number of hydrogen-bond acceptors (Lipinski definition) is 6. The molecule has 1 saturated heterocycles. The Balaban J connectivity index is 1.66. The number of nitrogens with one attached hydrogen (secondary N) is 1. The van der Waals surface area contributed by atoms with E-state index in [1.54, 1.807) is 26.4 Å². The lowest BCUT2D eigenvalue weighted by atomic mass is 10.0. The van der Waals surface area contributed by atoms with Crippen LogP contribution in [0.5, 0.6) is 17.2 Å². The highest BCUT2D eigenvalue weighted by Crippen LogP contribution is 2.27. The van der Waals surface area contributed by atoms with Gasteiger partial charge in [-0.05, 0) is 35.4 Å². The largest absolute Gasteiger partial charge is 0.504 e. The quantitative estimate of drug-likeness (QED) is 0.743. The van der Waals surface area contributed by atoms with Crippen LogP contribution in [-0.4, -0.2) is 57.1 Å². The van der Waals surface area contributed by atoms with Crippen molar-refractivity contribution in [2.45, 2.75) is 12.6 Å². The first kappa shape index (κ1) is 19.5. The molecule has 0 amide bonds. The van der Waals surface area contributed by atoms with Gasteiger partial charge in [0.2, 0.25) is 0 Å². The van der Waals surface area contributed by atoms with E-state index < -0.39 is 0 Å². The van der Waals surface area contributed by atoms with E-state index in [-0.39, 0.29) is 11.8 Å². The van der Waals surface area contributed by atoms with Crippen molar-refractivity contribution in [2.75, 3.05) is 47.1 Å². The first-order valence-electron chi connectivity index (χ1n) is 9.23. The molecule has 0 bridgehead atoms. The third-order valence-electron chi connectivity index (χ3n) is 4.90. The molecule has 0 aromatic heterocycles. The highest BCUT2D eigenvalue weighted by atomic mass is 16.5. The molecule has 27 heavy (non-hydrogen) atoms. The molecule has 2 aromatic rings.